The van der Waals surface area contributed by atoms with Gasteiger partial charge in [0, 0.05) is 10.8 Å². The minimum atomic E-state index is -3.98. The molecule has 0 aliphatic heterocycles. The van der Waals surface area contributed by atoms with E-state index in [2.05, 4.69) is 20.3 Å². The predicted octanol–water partition coefficient (Wildman–Crippen LogP) is 1.95. The zero-order valence-corrected chi connectivity index (χ0v) is 15.5. The Labute approximate surface area is 148 Å². The molecule has 0 atom stereocenters. The lowest BCUT2D eigenvalue weighted by atomic mass is 10.3. The number of rotatable bonds is 5. The third-order valence-electron chi connectivity index (χ3n) is 3.57. The van der Waals surface area contributed by atoms with Gasteiger partial charge in [0.1, 0.15) is 10.7 Å². The van der Waals surface area contributed by atoms with Crippen molar-refractivity contribution >= 4 is 33.3 Å². The molecule has 2 aromatic rings. The number of aryl methyl sites for hydroxylation is 2. The van der Waals surface area contributed by atoms with Crippen molar-refractivity contribution in [3.05, 3.63) is 21.6 Å². The molecule has 25 heavy (non-hydrogen) atoms. The van der Waals surface area contributed by atoms with Crippen molar-refractivity contribution in [3.63, 3.8) is 0 Å². The van der Waals surface area contributed by atoms with Crippen LogP contribution in [0.3, 0.4) is 0 Å². The Hall–Kier alpha value is -2.27. The van der Waals surface area contributed by atoms with E-state index in [1.54, 1.807) is 19.2 Å². The predicted molar refractivity (Wildman–Crippen MR) is 91.5 cm³/mol. The number of hydrogen-bond donors (Lipinski definition) is 2. The van der Waals surface area contributed by atoms with Gasteiger partial charge in [-0.05, 0) is 37.6 Å². The van der Waals surface area contributed by atoms with Crippen LogP contribution in [0.2, 0.25) is 0 Å². The third-order valence-corrected chi connectivity index (χ3v) is 6.35. The topological polar surface area (TPSA) is 123 Å². The summed E-state index contributed by atoms with van der Waals surface area (Å²) in [6.45, 7) is 3.36. The molecule has 2 amide bonds. The number of hydrogen-bond acceptors (Lipinski definition) is 8. The average Bonchev–Trinajstić information content (AvgIpc) is 3.31. The number of carbonyl (C=O) groups is 1. The van der Waals surface area contributed by atoms with E-state index in [1.165, 1.54) is 18.4 Å². The van der Waals surface area contributed by atoms with Crippen molar-refractivity contribution < 1.29 is 17.9 Å². The molecular weight excluding hydrogens is 366 g/mol. The van der Waals surface area contributed by atoms with Crippen LogP contribution < -0.4 is 14.8 Å². The Morgan fingerprint density at radius 2 is 2.00 bits per heavy atom. The number of sulfonamides is 1. The summed E-state index contributed by atoms with van der Waals surface area (Å²) >= 11 is 1.31. The van der Waals surface area contributed by atoms with E-state index in [-0.39, 0.29) is 22.8 Å². The third kappa shape index (κ3) is 3.87. The fourth-order valence-corrected chi connectivity index (χ4v) is 4.85. The van der Waals surface area contributed by atoms with Gasteiger partial charge >= 0.3 is 12.0 Å². The van der Waals surface area contributed by atoms with Crippen LogP contribution in [0, 0.1) is 13.8 Å². The highest BCUT2D eigenvalue weighted by molar-refractivity contribution is 7.90. The highest BCUT2D eigenvalue weighted by Crippen LogP contribution is 2.38. The molecule has 1 aliphatic rings. The fourth-order valence-electron chi connectivity index (χ4n) is 2.31. The van der Waals surface area contributed by atoms with Gasteiger partial charge in [-0.1, -0.05) is 0 Å². The van der Waals surface area contributed by atoms with E-state index in [9.17, 15) is 13.2 Å². The molecule has 0 spiro atoms. The lowest BCUT2D eigenvalue weighted by Crippen LogP contribution is -2.35. The molecule has 2 N–H and O–H groups in total. The smallest absolute Gasteiger partial charge is 0.335 e. The largest absolute Gasteiger partial charge is 0.467 e. The lowest BCUT2D eigenvalue weighted by molar-refractivity contribution is 0.256. The van der Waals surface area contributed by atoms with Gasteiger partial charge in [-0.2, -0.15) is 15.0 Å². The number of thiophene rings is 1. The van der Waals surface area contributed by atoms with E-state index >= 15 is 0 Å². The van der Waals surface area contributed by atoms with Crippen molar-refractivity contribution in [2.24, 2.45) is 0 Å². The molecule has 0 radical (unpaired) electrons. The molecule has 9 nitrogen and oxygen atoms in total. The summed E-state index contributed by atoms with van der Waals surface area (Å²) in [5.74, 6) is 0.690. The molecule has 2 aromatic heterocycles. The van der Waals surface area contributed by atoms with Crippen LogP contribution in [0.1, 0.15) is 35.0 Å². The van der Waals surface area contributed by atoms with Gasteiger partial charge in [-0.3, -0.25) is 5.32 Å². The normalized spacial score (nSPS) is 14.2. The second-order valence-electron chi connectivity index (χ2n) is 5.64. The molecule has 1 saturated carbocycles. The standard InChI is InChI=1S/C14H17N5O4S2/c1-7-6-24-8(2)10(7)25(21,22)19-13(20)17-12-15-11(9-4-5-9)16-14(18-12)23-3/h6,9H,4-5H2,1-3H3,(H2,15,16,17,18,19,20). The van der Waals surface area contributed by atoms with Crippen LogP contribution in [0.25, 0.3) is 0 Å². The van der Waals surface area contributed by atoms with Gasteiger partial charge in [0.25, 0.3) is 10.0 Å². The molecule has 11 heteroatoms. The van der Waals surface area contributed by atoms with Crippen LogP contribution in [-0.4, -0.2) is 36.5 Å². The summed E-state index contributed by atoms with van der Waals surface area (Å²) in [7, 11) is -2.58. The molecule has 0 bridgehead atoms. The van der Waals surface area contributed by atoms with Crippen LogP contribution in [0.15, 0.2) is 10.3 Å². The number of urea groups is 1. The number of aromatic nitrogens is 3. The first kappa shape index (κ1) is 17.5. The highest BCUT2D eigenvalue weighted by Gasteiger charge is 2.29. The van der Waals surface area contributed by atoms with E-state index in [1.807, 2.05) is 4.72 Å². The van der Waals surface area contributed by atoms with Crippen molar-refractivity contribution in [1.82, 2.24) is 19.7 Å². The molecule has 1 fully saturated rings. The maximum atomic E-state index is 12.4. The maximum absolute atomic E-state index is 12.4. The summed E-state index contributed by atoms with van der Waals surface area (Å²) in [4.78, 5) is 25.0. The first-order valence-electron chi connectivity index (χ1n) is 7.48. The minimum absolute atomic E-state index is 0.0554. The van der Waals surface area contributed by atoms with E-state index in [0.717, 1.165) is 12.8 Å². The van der Waals surface area contributed by atoms with Gasteiger partial charge in [-0.15, -0.1) is 11.3 Å². The van der Waals surface area contributed by atoms with Gasteiger partial charge in [0.05, 0.1) is 7.11 Å². The Bertz CT molecular complexity index is 902. The summed E-state index contributed by atoms with van der Waals surface area (Å²) in [6, 6.07) is -0.875. The molecule has 3 rings (SSSR count). The van der Waals surface area contributed by atoms with Crippen molar-refractivity contribution in [3.8, 4) is 6.01 Å². The fraction of sp³-hybridized carbons (Fsp3) is 0.429. The monoisotopic (exact) mass is 383 g/mol. The molecule has 1 aliphatic carbocycles. The Morgan fingerprint density at radius 1 is 1.28 bits per heavy atom. The first-order valence-corrected chi connectivity index (χ1v) is 9.85. The molecule has 0 saturated heterocycles. The Kier molecular flexibility index (Phi) is 4.60. The molecule has 0 aromatic carbocycles. The zero-order valence-electron chi connectivity index (χ0n) is 13.9. The van der Waals surface area contributed by atoms with Gasteiger partial charge in [0.2, 0.25) is 5.95 Å². The van der Waals surface area contributed by atoms with E-state index < -0.39 is 16.1 Å². The number of nitrogens with one attached hydrogen (secondary N) is 2. The van der Waals surface area contributed by atoms with E-state index in [0.29, 0.717) is 16.3 Å². The van der Waals surface area contributed by atoms with Crippen molar-refractivity contribution in [1.29, 1.82) is 0 Å². The first-order chi connectivity index (χ1) is 11.8. The lowest BCUT2D eigenvalue weighted by Gasteiger charge is -2.09. The second-order valence-corrected chi connectivity index (χ2v) is 8.34. The van der Waals surface area contributed by atoms with Crippen LogP contribution in [-0.2, 0) is 10.0 Å². The summed E-state index contributed by atoms with van der Waals surface area (Å²) in [5.41, 5.74) is 0.584. The number of ether oxygens (including phenoxy) is 1. The van der Waals surface area contributed by atoms with Crippen molar-refractivity contribution in [2.45, 2.75) is 37.5 Å². The number of anilines is 1. The highest BCUT2D eigenvalue weighted by atomic mass is 32.2. The van der Waals surface area contributed by atoms with Crippen molar-refractivity contribution in [2.75, 3.05) is 12.4 Å². The number of nitrogens with zero attached hydrogens (tertiary/aromatic N) is 3. The molecular formula is C14H17N5O4S2. The molecule has 134 valence electrons. The van der Waals surface area contributed by atoms with E-state index in [4.69, 9.17) is 4.74 Å². The zero-order chi connectivity index (χ0) is 18.2. The van der Waals surface area contributed by atoms with Crippen LogP contribution >= 0.6 is 11.3 Å². The summed E-state index contributed by atoms with van der Waals surface area (Å²) < 4.78 is 31.8. The SMILES string of the molecule is COc1nc(NC(=O)NS(=O)(=O)c2c(C)csc2C)nc(C2CC2)n1. The maximum Gasteiger partial charge on any atom is 0.335 e. The second kappa shape index (κ2) is 6.56. The number of amides is 2. The molecule has 0 unspecified atom stereocenters. The number of methoxy groups -OCH3 is 1. The Balaban J connectivity index is 1.77. The summed E-state index contributed by atoms with van der Waals surface area (Å²) in [6.07, 6.45) is 1.92. The van der Waals surface area contributed by atoms with Gasteiger partial charge in [-0.25, -0.2) is 17.9 Å². The van der Waals surface area contributed by atoms with Gasteiger partial charge < -0.3 is 4.74 Å². The number of carbonyl (C=O) groups excluding carboxylic acids is 1. The quantitative estimate of drug-likeness (QED) is 0.809. The van der Waals surface area contributed by atoms with Crippen LogP contribution in [0.5, 0.6) is 6.01 Å². The van der Waals surface area contributed by atoms with Crippen LogP contribution in [0.4, 0.5) is 10.7 Å². The molecule has 2 heterocycles. The van der Waals surface area contributed by atoms with Gasteiger partial charge in [0.15, 0.2) is 0 Å². The minimum Gasteiger partial charge on any atom is -0.467 e. The Morgan fingerprint density at radius 3 is 2.56 bits per heavy atom. The summed E-state index contributed by atoms with van der Waals surface area (Å²) in [5, 5.41) is 4.05. The average molecular weight is 383 g/mol.